The Balaban J connectivity index is 1.70. The largest absolute Gasteiger partial charge is 0.462 e. The van der Waals surface area contributed by atoms with Gasteiger partial charge < -0.3 is 19.8 Å². The predicted octanol–water partition coefficient (Wildman–Crippen LogP) is 1.67. The first-order valence-electron chi connectivity index (χ1n) is 9.99. The van der Waals surface area contributed by atoms with Gasteiger partial charge in [-0.25, -0.2) is 4.79 Å². The molecule has 0 aliphatic carbocycles. The molecule has 162 valence electrons. The Morgan fingerprint density at radius 3 is 2.48 bits per heavy atom. The first kappa shape index (κ1) is 22.0. The number of carbonyl (C=O) groups excluding carboxylic acids is 3. The van der Waals surface area contributed by atoms with Crippen LogP contribution in [0, 0.1) is 6.92 Å². The van der Waals surface area contributed by atoms with Gasteiger partial charge in [0.15, 0.2) is 6.54 Å². The maximum atomic E-state index is 12.6. The van der Waals surface area contributed by atoms with Crippen molar-refractivity contribution in [2.45, 2.75) is 20.4 Å². The van der Waals surface area contributed by atoms with Crippen molar-refractivity contribution in [2.75, 3.05) is 25.5 Å². The molecule has 0 saturated heterocycles. The molecule has 0 fully saturated rings. The number of furan rings is 1. The van der Waals surface area contributed by atoms with Crippen molar-refractivity contribution in [2.24, 2.45) is 5.73 Å². The monoisotopic (exact) mass is 424 g/mol. The minimum atomic E-state index is -0.882. The summed E-state index contributed by atoms with van der Waals surface area (Å²) in [6, 6.07) is 14.3. The zero-order chi connectivity index (χ0) is 22.5. The summed E-state index contributed by atoms with van der Waals surface area (Å²) in [6.07, 6.45) is 0. The molecule has 0 aliphatic heterocycles. The molecule has 2 aromatic carbocycles. The first-order valence-corrected chi connectivity index (χ1v) is 9.99. The Morgan fingerprint density at radius 1 is 1.10 bits per heavy atom. The summed E-state index contributed by atoms with van der Waals surface area (Å²) >= 11 is 0. The van der Waals surface area contributed by atoms with Crippen LogP contribution in [0.25, 0.3) is 10.8 Å². The van der Waals surface area contributed by atoms with E-state index in [1.54, 1.807) is 6.92 Å². The van der Waals surface area contributed by atoms with Crippen LogP contribution in [0.4, 0.5) is 5.88 Å². The van der Waals surface area contributed by atoms with Gasteiger partial charge in [-0.05, 0) is 30.7 Å². The van der Waals surface area contributed by atoms with E-state index in [1.165, 1.54) is 6.92 Å². The Bertz CT molecular complexity index is 1140. The van der Waals surface area contributed by atoms with Crippen molar-refractivity contribution >= 4 is 34.4 Å². The van der Waals surface area contributed by atoms with E-state index in [-0.39, 0.29) is 41.8 Å². The highest BCUT2D eigenvalue weighted by Crippen LogP contribution is 2.27. The van der Waals surface area contributed by atoms with Crippen LogP contribution in [0.3, 0.4) is 0 Å². The van der Waals surface area contributed by atoms with Crippen molar-refractivity contribution in [3.8, 4) is 0 Å². The van der Waals surface area contributed by atoms with Gasteiger partial charge in [0.1, 0.15) is 23.4 Å². The number of rotatable bonds is 8. The predicted molar refractivity (Wildman–Crippen MR) is 116 cm³/mol. The van der Waals surface area contributed by atoms with Gasteiger partial charge in [0, 0.05) is 5.56 Å². The molecule has 1 unspecified atom stereocenters. The zero-order valence-electron chi connectivity index (χ0n) is 17.8. The first-order chi connectivity index (χ1) is 14.8. The van der Waals surface area contributed by atoms with Gasteiger partial charge in [0.25, 0.3) is 11.8 Å². The van der Waals surface area contributed by atoms with Crippen LogP contribution in [0.15, 0.2) is 46.9 Å². The standard InChI is InChI=1S/C23H25N3O5/c1-4-30-23(29)19-14(2)31-22(20(19)21(24)28)25-18(27)13-26(3)12-15-9-10-16-7-5-6-8-17(16)11-15/h5-11H,4,12-13H2,1-3H3,(H2,24,28)(H,25,27)/p+1. The van der Waals surface area contributed by atoms with E-state index in [0.29, 0.717) is 6.54 Å². The molecule has 0 bridgehead atoms. The highest BCUT2D eigenvalue weighted by atomic mass is 16.5. The molecule has 0 saturated carbocycles. The molecule has 0 radical (unpaired) electrons. The Kier molecular flexibility index (Phi) is 6.71. The fourth-order valence-corrected chi connectivity index (χ4v) is 3.52. The number of fused-ring (bicyclic) bond motifs is 1. The van der Waals surface area contributed by atoms with Crippen molar-refractivity contribution in [1.82, 2.24) is 0 Å². The minimum absolute atomic E-state index is 0.0680. The van der Waals surface area contributed by atoms with E-state index in [4.69, 9.17) is 14.9 Å². The third kappa shape index (κ3) is 5.10. The Hall–Kier alpha value is -3.65. The normalized spacial score (nSPS) is 11.8. The number of ether oxygens (including phenoxy) is 1. The number of primary amides is 1. The molecule has 2 amide bonds. The molecule has 0 spiro atoms. The van der Waals surface area contributed by atoms with E-state index >= 15 is 0 Å². The van der Waals surface area contributed by atoms with Gasteiger partial charge in [-0.2, -0.15) is 0 Å². The Morgan fingerprint density at radius 2 is 1.81 bits per heavy atom. The molecule has 1 atom stereocenters. The lowest BCUT2D eigenvalue weighted by molar-refractivity contribution is -0.885. The molecule has 8 heteroatoms. The smallest absolute Gasteiger partial charge is 0.342 e. The maximum absolute atomic E-state index is 12.6. The number of amides is 2. The summed E-state index contributed by atoms with van der Waals surface area (Å²) in [5, 5.41) is 4.86. The number of carbonyl (C=O) groups is 3. The number of aryl methyl sites for hydroxylation is 1. The number of anilines is 1. The van der Waals surface area contributed by atoms with Crippen LogP contribution >= 0.6 is 0 Å². The van der Waals surface area contributed by atoms with Crippen molar-refractivity contribution in [3.63, 3.8) is 0 Å². The molecule has 1 heterocycles. The van der Waals surface area contributed by atoms with Gasteiger partial charge in [0.05, 0.1) is 13.7 Å². The van der Waals surface area contributed by atoms with E-state index in [1.807, 2.05) is 31.3 Å². The summed E-state index contributed by atoms with van der Waals surface area (Å²) in [7, 11) is 1.89. The van der Waals surface area contributed by atoms with Crippen molar-refractivity contribution in [1.29, 1.82) is 0 Å². The van der Waals surface area contributed by atoms with Crippen LogP contribution in [0.1, 0.15) is 39.0 Å². The second-order valence-corrected chi connectivity index (χ2v) is 7.36. The second-order valence-electron chi connectivity index (χ2n) is 7.36. The van der Waals surface area contributed by atoms with Crippen LogP contribution in [-0.2, 0) is 16.1 Å². The van der Waals surface area contributed by atoms with E-state index in [2.05, 4.69) is 23.5 Å². The van der Waals surface area contributed by atoms with Gasteiger partial charge in [-0.15, -0.1) is 0 Å². The highest BCUT2D eigenvalue weighted by Gasteiger charge is 2.29. The van der Waals surface area contributed by atoms with Gasteiger partial charge in [-0.3, -0.25) is 14.9 Å². The SMILES string of the molecule is CCOC(=O)c1c(C)oc(NC(=O)C[NH+](C)Cc2ccc3ccccc3c2)c1C(N)=O. The number of hydrogen-bond donors (Lipinski definition) is 3. The van der Waals surface area contributed by atoms with E-state index in [0.717, 1.165) is 21.2 Å². The molecule has 31 heavy (non-hydrogen) atoms. The minimum Gasteiger partial charge on any atom is -0.462 e. The number of nitrogens with two attached hydrogens (primary N) is 1. The lowest BCUT2D eigenvalue weighted by atomic mass is 10.1. The van der Waals surface area contributed by atoms with E-state index < -0.39 is 11.9 Å². The fourth-order valence-electron chi connectivity index (χ4n) is 3.52. The molecule has 3 rings (SSSR count). The van der Waals surface area contributed by atoms with Crippen LogP contribution in [-0.4, -0.2) is 38.0 Å². The summed E-state index contributed by atoms with van der Waals surface area (Å²) < 4.78 is 10.4. The average molecular weight is 424 g/mol. The van der Waals surface area contributed by atoms with Crippen LogP contribution in [0.5, 0.6) is 0 Å². The Labute approximate surface area is 179 Å². The summed E-state index contributed by atoms with van der Waals surface area (Å²) in [5.41, 5.74) is 6.27. The molecule has 0 aliphatic rings. The maximum Gasteiger partial charge on any atom is 0.342 e. The number of benzene rings is 2. The number of likely N-dealkylation sites (N-methyl/N-ethyl adjacent to an activating group) is 1. The molecular formula is C23H26N3O5+. The summed E-state index contributed by atoms with van der Waals surface area (Å²) in [4.78, 5) is 37.6. The molecule has 8 nitrogen and oxygen atoms in total. The van der Waals surface area contributed by atoms with Crippen LogP contribution in [0.2, 0.25) is 0 Å². The van der Waals surface area contributed by atoms with Crippen LogP contribution < -0.4 is 16.0 Å². The highest BCUT2D eigenvalue weighted by molar-refractivity contribution is 6.10. The summed E-state index contributed by atoms with van der Waals surface area (Å²) in [5.74, 6) is -1.97. The van der Waals surface area contributed by atoms with Gasteiger partial charge in [0.2, 0.25) is 5.88 Å². The zero-order valence-corrected chi connectivity index (χ0v) is 17.8. The van der Waals surface area contributed by atoms with Gasteiger partial charge >= 0.3 is 5.97 Å². The molecule has 1 aromatic heterocycles. The average Bonchev–Trinajstić information content (AvgIpc) is 3.03. The molecule has 4 N–H and O–H groups in total. The van der Waals surface area contributed by atoms with E-state index in [9.17, 15) is 14.4 Å². The number of nitrogens with one attached hydrogen (secondary N) is 2. The number of esters is 1. The topological polar surface area (TPSA) is 116 Å². The lowest BCUT2D eigenvalue weighted by Gasteiger charge is -2.14. The molecule has 3 aromatic rings. The quantitative estimate of drug-likeness (QED) is 0.476. The molecular weight excluding hydrogens is 398 g/mol. The summed E-state index contributed by atoms with van der Waals surface area (Å²) in [6.45, 7) is 4.04. The van der Waals surface area contributed by atoms with Crippen molar-refractivity contribution < 1.29 is 28.4 Å². The second kappa shape index (κ2) is 9.44. The fraction of sp³-hybridized carbons (Fsp3) is 0.261. The third-order valence-electron chi connectivity index (χ3n) is 4.85. The number of hydrogen-bond acceptors (Lipinski definition) is 5. The third-order valence-corrected chi connectivity index (χ3v) is 4.85. The van der Waals surface area contributed by atoms with Gasteiger partial charge in [-0.1, -0.05) is 36.4 Å². The lowest BCUT2D eigenvalue weighted by Crippen LogP contribution is -3.08. The van der Waals surface area contributed by atoms with Crippen molar-refractivity contribution in [3.05, 3.63) is 64.9 Å². The number of quaternary nitrogens is 1.